The van der Waals surface area contributed by atoms with Crippen molar-refractivity contribution in [2.75, 3.05) is 45.0 Å². The number of amides is 3. The smallest absolute Gasteiger partial charge is 0.260 e. The molecule has 4 rings (SSSR count). The Morgan fingerprint density at radius 1 is 1.14 bits per heavy atom. The Balaban J connectivity index is 1.55. The lowest BCUT2D eigenvalue weighted by Crippen LogP contribution is -2.46. The predicted molar refractivity (Wildman–Crippen MR) is 126 cm³/mol. The molecule has 3 aromatic rings. The number of para-hydroxylation sites is 1. The number of hydrogen-bond donors (Lipinski definition) is 1. The zero-order chi connectivity index (χ0) is 24.8. The number of aromatic nitrogens is 3. The molecule has 0 fully saturated rings. The third kappa shape index (κ3) is 5.36. The molecule has 2 aromatic heterocycles. The maximum atomic E-state index is 13.4. The van der Waals surface area contributed by atoms with Gasteiger partial charge in [0.05, 0.1) is 12.2 Å². The van der Waals surface area contributed by atoms with Crippen molar-refractivity contribution >= 4 is 23.4 Å². The van der Waals surface area contributed by atoms with Crippen LogP contribution in [0.2, 0.25) is 0 Å². The van der Waals surface area contributed by atoms with Gasteiger partial charge in [0.2, 0.25) is 11.8 Å². The van der Waals surface area contributed by atoms with Crippen molar-refractivity contribution in [1.82, 2.24) is 24.6 Å². The number of carbonyl (C=O) groups excluding carboxylic acids is 3. The molecule has 1 aliphatic heterocycles. The van der Waals surface area contributed by atoms with Gasteiger partial charge < -0.3 is 19.6 Å². The van der Waals surface area contributed by atoms with Crippen LogP contribution in [0.1, 0.15) is 15.9 Å². The summed E-state index contributed by atoms with van der Waals surface area (Å²) in [6.45, 7) is -0.312. The van der Waals surface area contributed by atoms with Gasteiger partial charge in [-0.05, 0) is 29.8 Å². The molecule has 0 radical (unpaired) electrons. The molecule has 0 unspecified atom stereocenters. The summed E-state index contributed by atoms with van der Waals surface area (Å²) in [5.74, 6) is -0.608. The summed E-state index contributed by atoms with van der Waals surface area (Å²) in [7, 11) is 1.50. The van der Waals surface area contributed by atoms with Gasteiger partial charge in [-0.2, -0.15) is 5.10 Å². The molecule has 1 aromatic carbocycles. The second-order valence-corrected chi connectivity index (χ2v) is 7.92. The van der Waals surface area contributed by atoms with Gasteiger partial charge in [0, 0.05) is 44.5 Å². The van der Waals surface area contributed by atoms with Crippen LogP contribution in [-0.2, 0) is 20.9 Å². The Bertz CT molecular complexity index is 1180. The minimum Gasteiger partial charge on any atom is -0.383 e. The number of aliphatic hydroxyl groups is 1. The van der Waals surface area contributed by atoms with E-state index in [1.807, 2.05) is 12.1 Å². The van der Waals surface area contributed by atoms with E-state index in [2.05, 4.69) is 10.1 Å². The van der Waals surface area contributed by atoms with E-state index in [-0.39, 0.29) is 44.6 Å². The third-order valence-corrected chi connectivity index (χ3v) is 5.68. The number of benzene rings is 1. The fourth-order valence-electron chi connectivity index (χ4n) is 3.79. The van der Waals surface area contributed by atoms with Crippen LogP contribution < -0.4 is 4.90 Å². The van der Waals surface area contributed by atoms with Crippen molar-refractivity contribution in [2.45, 2.75) is 6.54 Å². The summed E-state index contributed by atoms with van der Waals surface area (Å²) in [6, 6.07) is 12.3. The van der Waals surface area contributed by atoms with Gasteiger partial charge >= 0.3 is 0 Å². The molecule has 0 bridgehead atoms. The first kappa shape index (κ1) is 24.0. The van der Waals surface area contributed by atoms with Crippen molar-refractivity contribution in [3.8, 4) is 5.82 Å². The van der Waals surface area contributed by atoms with Crippen molar-refractivity contribution in [3.63, 3.8) is 0 Å². The van der Waals surface area contributed by atoms with E-state index in [9.17, 15) is 19.5 Å². The molecule has 3 amide bonds. The Hall–Kier alpha value is -4.09. The number of carbonyl (C=O) groups is 3. The highest BCUT2D eigenvalue weighted by atomic mass is 16.5. The van der Waals surface area contributed by atoms with Crippen molar-refractivity contribution in [1.29, 1.82) is 0 Å². The molecule has 0 atom stereocenters. The molecule has 182 valence electrons. The number of methoxy groups -OCH3 is 1. The van der Waals surface area contributed by atoms with Crippen LogP contribution in [0.15, 0.2) is 61.1 Å². The summed E-state index contributed by atoms with van der Waals surface area (Å²) in [6.07, 6.45) is 4.83. The lowest BCUT2D eigenvalue weighted by atomic mass is 10.1. The zero-order valence-corrected chi connectivity index (χ0v) is 19.3. The van der Waals surface area contributed by atoms with Gasteiger partial charge in [-0.15, -0.1) is 0 Å². The fourth-order valence-corrected chi connectivity index (χ4v) is 3.79. The largest absolute Gasteiger partial charge is 0.383 e. The number of hydrogen-bond acceptors (Lipinski definition) is 7. The first-order valence-electron chi connectivity index (χ1n) is 11.0. The highest BCUT2D eigenvalue weighted by Crippen LogP contribution is 2.27. The molecule has 3 heterocycles. The normalized spacial score (nSPS) is 13.4. The highest BCUT2D eigenvalue weighted by molar-refractivity contribution is 6.09. The summed E-state index contributed by atoms with van der Waals surface area (Å²) in [5, 5.41) is 13.7. The van der Waals surface area contributed by atoms with Crippen molar-refractivity contribution < 1.29 is 24.2 Å². The molecular weight excluding hydrogens is 452 g/mol. The van der Waals surface area contributed by atoms with Crippen LogP contribution in [0.25, 0.3) is 5.82 Å². The molecule has 0 spiro atoms. The molecule has 1 aliphatic rings. The molecule has 35 heavy (non-hydrogen) atoms. The van der Waals surface area contributed by atoms with Crippen molar-refractivity contribution in [3.05, 3.63) is 72.2 Å². The predicted octanol–water partition coefficient (Wildman–Crippen LogP) is 0.681. The van der Waals surface area contributed by atoms with E-state index in [1.54, 1.807) is 47.4 Å². The van der Waals surface area contributed by atoms with E-state index in [1.165, 1.54) is 28.0 Å². The summed E-state index contributed by atoms with van der Waals surface area (Å²) in [5.41, 5.74) is 1.64. The van der Waals surface area contributed by atoms with Gasteiger partial charge in [-0.3, -0.25) is 19.3 Å². The first-order chi connectivity index (χ1) is 17.0. The van der Waals surface area contributed by atoms with Crippen LogP contribution >= 0.6 is 0 Å². The average Bonchev–Trinajstić information content (AvgIpc) is 3.38. The lowest BCUT2D eigenvalue weighted by Gasteiger charge is -2.25. The third-order valence-electron chi connectivity index (χ3n) is 5.68. The van der Waals surface area contributed by atoms with Crippen LogP contribution in [0.5, 0.6) is 0 Å². The number of aliphatic hydroxyl groups excluding tert-OH is 1. The Labute approximate surface area is 202 Å². The minimum atomic E-state index is -0.479. The van der Waals surface area contributed by atoms with Gasteiger partial charge in [-0.25, -0.2) is 9.67 Å². The maximum absolute atomic E-state index is 13.4. The number of fused-ring (bicyclic) bond motifs is 1. The van der Waals surface area contributed by atoms with Crippen LogP contribution in [0.3, 0.4) is 0 Å². The number of pyridine rings is 1. The summed E-state index contributed by atoms with van der Waals surface area (Å²) in [4.78, 5) is 47.6. The van der Waals surface area contributed by atoms with Crippen molar-refractivity contribution in [2.24, 2.45) is 0 Å². The van der Waals surface area contributed by atoms with Gasteiger partial charge in [-0.1, -0.05) is 18.2 Å². The molecule has 11 heteroatoms. The standard InChI is InChI=1S/C24H26N6O5/c1-35-12-11-27(17-31)22(32)15-28-14-19-5-2-3-6-20(19)29(16-23(28)33)24(34)18-7-8-21(25-13-18)30-10-4-9-26-30/h2-10,13,31H,11-12,14-17H2,1H3. The Morgan fingerprint density at radius 2 is 1.97 bits per heavy atom. The highest BCUT2D eigenvalue weighted by Gasteiger charge is 2.31. The average molecular weight is 479 g/mol. The first-order valence-corrected chi connectivity index (χ1v) is 11.0. The van der Waals surface area contributed by atoms with E-state index in [4.69, 9.17) is 4.74 Å². The molecule has 0 saturated carbocycles. The Morgan fingerprint density at radius 3 is 2.66 bits per heavy atom. The zero-order valence-electron chi connectivity index (χ0n) is 19.3. The molecule has 0 aliphatic carbocycles. The monoisotopic (exact) mass is 478 g/mol. The number of rotatable bonds is 8. The van der Waals surface area contributed by atoms with Gasteiger partial charge in [0.25, 0.3) is 5.91 Å². The number of anilines is 1. The second-order valence-electron chi connectivity index (χ2n) is 7.92. The van der Waals surface area contributed by atoms with Gasteiger partial charge in [0.1, 0.15) is 19.8 Å². The lowest BCUT2D eigenvalue weighted by molar-refractivity contribution is -0.142. The Kier molecular flexibility index (Phi) is 7.48. The topological polar surface area (TPSA) is 121 Å². The summed E-state index contributed by atoms with van der Waals surface area (Å²) >= 11 is 0. The van der Waals surface area contributed by atoms with E-state index >= 15 is 0 Å². The van der Waals surface area contributed by atoms with Crippen LogP contribution in [0, 0.1) is 0 Å². The van der Waals surface area contributed by atoms with E-state index < -0.39 is 12.6 Å². The molecular formula is C24H26N6O5. The van der Waals surface area contributed by atoms with Crippen LogP contribution in [-0.4, -0.2) is 87.5 Å². The summed E-state index contributed by atoms with van der Waals surface area (Å²) < 4.78 is 6.55. The van der Waals surface area contributed by atoms with Crippen LogP contribution in [0.4, 0.5) is 5.69 Å². The fraction of sp³-hybridized carbons (Fsp3) is 0.292. The number of nitrogens with zero attached hydrogens (tertiary/aromatic N) is 6. The van der Waals surface area contributed by atoms with E-state index in [0.717, 1.165) is 5.56 Å². The number of ether oxygens (including phenoxy) is 1. The SMILES string of the molecule is COCCN(CO)C(=O)CN1Cc2ccccc2N(C(=O)c2ccc(-n3cccn3)nc2)CC1=O. The minimum absolute atomic E-state index is 0.157. The second kappa shape index (κ2) is 10.9. The maximum Gasteiger partial charge on any atom is 0.260 e. The van der Waals surface area contributed by atoms with Gasteiger partial charge in [0.15, 0.2) is 5.82 Å². The quantitative estimate of drug-likeness (QED) is 0.473. The van der Waals surface area contributed by atoms with E-state index in [0.29, 0.717) is 17.1 Å². The molecule has 1 N–H and O–H groups in total. The molecule has 11 nitrogen and oxygen atoms in total. The molecule has 0 saturated heterocycles.